The number of allylic oxidation sites excluding steroid dienone is 1. The van der Waals surface area contributed by atoms with Gasteiger partial charge in [-0.25, -0.2) is 4.79 Å². The molecule has 0 saturated heterocycles. The number of carbonyl (C=O) groups is 2. The van der Waals surface area contributed by atoms with Gasteiger partial charge in [-0.1, -0.05) is 47.5 Å². The average Bonchev–Trinajstić information content (AvgIpc) is 2.69. The van der Waals surface area contributed by atoms with Crippen LogP contribution in [0.2, 0.25) is 5.02 Å². The van der Waals surface area contributed by atoms with E-state index >= 15 is 0 Å². The van der Waals surface area contributed by atoms with E-state index in [1.165, 1.54) is 6.08 Å². The van der Waals surface area contributed by atoms with Crippen molar-refractivity contribution in [3.8, 4) is 0 Å². The SMILES string of the molecule is Cc1ccc(NC(=O)Nc2ccc(/C=C/C(=O)c3ccc(Cl)cc3)cc2)cc1. The van der Waals surface area contributed by atoms with Gasteiger partial charge in [0.15, 0.2) is 5.78 Å². The summed E-state index contributed by atoms with van der Waals surface area (Å²) in [5, 5.41) is 6.14. The maximum atomic E-state index is 12.1. The van der Waals surface area contributed by atoms with Crippen molar-refractivity contribution in [2.75, 3.05) is 10.6 Å². The number of halogens is 1. The van der Waals surface area contributed by atoms with Gasteiger partial charge in [-0.3, -0.25) is 4.79 Å². The third kappa shape index (κ3) is 5.56. The Hall–Kier alpha value is -3.37. The van der Waals surface area contributed by atoms with Gasteiger partial charge in [-0.2, -0.15) is 0 Å². The number of carbonyl (C=O) groups excluding carboxylic acids is 2. The molecular formula is C23H19ClN2O2. The molecule has 0 fully saturated rings. The average molecular weight is 391 g/mol. The second-order valence-corrected chi connectivity index (χ2v) is 6.71. The highest BCUT2D eigenvalue weighted by molar-refractivity contribution is 6.30. The topological polar surface area (TPSA) is 58.2 Å². The fraction of sp³-hybridized carbons (Fsp3) is 0.0435. The summed E-state index contributed by atoms with van der Waals surface area (Å²) in [6, 6.07) is 21.2. The smallest absolute Gasteiger partial charge is 0.308 e. The first kappa shape index (κ1) is 19.4. The van der Waals surface area contributed by atoms with Crippen molar-refractivity contribution < 1.29 is 9.59 Å². The molecule has 3 aromatic carbocycles. The largest absolute Gasteiger partial charge is 0.323 e. The minimum atomic E-state index is -0.315. The lowest BCUT2D eigenvalue weighted by atomic mass is 10.1. The van der Waals surface area contributed by atoms with Crippen molar-refractivity contribution in [1.82, 2.24) is 0 Å². The number of nitrogens with one attached hydrogen (secondary N) is 2. The summed E-state index contributed by atoms with van der Waals surface area (Å²) < 4.78 is 0. The molecule has 2 N–H and O–H groups in total. The lowest BCUT2D eigenvalue weighted by Gasteiger charge is -2.08. The third-order valence-corrected chi connectivity index (χ3v) is 4.29. The summed E-state index contributed by atoms with van der Waals surface area (Å²) in [5.74, 6) is -0.101. The second-order valence-electron chi connectivity index (χ2n) is 6.27. The zero-order chi connectivity index (χ0) is 19.9. The molecule has 3 aromatic rings. The van der Waals surface area contributed by atoms with Crippen molar-refractivity contribution in [2.24, 2.45) is 0 Å². The van der Waals surface area contributed by atoms with Gasteiger partial charge in [0, 0.05) is 22.0 Å². The first-order chi connectivity index (χ1) is 13.5. The van der Waals surface area contributed by atoms with E-state index in [4.69, 9.17) is 11.6 Å². The Bertz CT molecular complexity index is 992. The molecule has 0 heterocycles. The van der Waals surface area contributed by atoms with Gasteiger partial charge in [0.2, 0.25) is 0 Å². The Morgan fingerprint density at radius 2 is 1.32 bits per heavy atom. The molecule has 0 radical (unpaired) electrons. The van der Waals surface area contributed by atoms with E-state index in [2.05, 4.69) is 10.6 Å². The zero-order valence-corrected chi connectivity index (χ0v) is 16.0. The Morgan fingerprint density at radius 1 is 0.786 bits per heavy atom. The van der Waals surface area contributed by atoms with E-state index in [1.807, 2.05) is 43.3 Å². The number of aryl methyl sites for hydroxylation is 1. The minimum Gasteiger partial charge on any atom is -0.308 e. The molecular weight excluding hydrogens is 372 g/mol. The van der Waals surface area contributed by atoms with Crippen molar-refractivity contribution in [3.05, 3.63) is 101 Å². The van der Waals surface area contributed by atoms with E-state index in [9.17, 15) is 9.59 Å². The summed E-state index contributed by atoms with van der Waals surface area (Å²) in [6.07, 6.45) is 3.24. The summed E-state index contributed by atoms with van der Waals surface area (Å²) >= 11 is 5.83. The number of benzene rings is 3. The van der Waals surface area contributed by atoms with Gasteiger partial charge in [-0.15, -0.1) is 0 Å². The molecule has 5 heteroatoms. The quantitative estimate of drug-likeness (QED) is 0.403. The maximum absolute atomic E-state index is 12.1. The van der Waals surface area contributed by atoms with Crippen LogP contribution in [0.1, 0.15) is 21.5 Å². The summed E-state index contributed by atoms with van der Waals surface area (Å²) in [4.78, 5) is 24.2. The molecule has 0 unspecified atom stereocenters. The lowest BCUT2D eigenvalue weighted by molar-refractivity contribution is 0.104. The number of hydrogen-bond acceptors (Lipinski definition) is 2. The molecule has 0 atom stereocenters. The first-order valence-corrected chi connectivity index (χ1v) is 9.10. The number of hydrogen-bond donors (Lipinski definition) is 2. The molecule has 28 heavy (non-hydrogen) atoms. The molecule has 0 bridgehead atoms. The second kappa shape index (κ2) is 9.02. The van der Waals surface area contributed by atoms with E-state index in [1.54, 1.807) is 42.5 Å². The van der Waals surface area contributed by atoms with Gasteiger partial charge >= 0.3 is 6.03 Å². The van der Waals surface area contributed by atoms with Gasteiger partial charge in [-0.05, 0) is 67.1 Å². The highest BCUT2D eigenvalue weighted by Gasteiger charge is 2.03. The van der Waals surface area contributed by atoms with Crippen LogP contribution in [-0.4, -0.2) is 11.8 Å². The molecule has 140 valence electrons. The fourth-order valence-electron chi connectivity index (χ4n) is 2.49. The van der Waals surface area contributed by atoms with Crippen molar-refractivity contribution >= 4 is 40.9 Å². The Kier molecular flexibility index (Phi) is 6.25. The van der Waals surface area contributed by atoms with Crippen LogP contribution in [0.15, 0.2) is 78.9 Å². The minimum absolute atomic E-state index is 0.101. The van der Waals surface area contributed by atoms with E-state index in [0.717, 1.165) is 16.8 Å². The molecule has 0 aliphatic carbocycles. The third-order valence-electron chi connectivity index (χ3n) is 4.03. The van der Waals surface area contributed by atoms with E-state index in [-0.39, 0.29) is 11.8 Å². The monoisotopic (exact) mass is 390 g/mol. The molecule has 3 rings (SSSR count). The van der Waals surface area contributed by atoms with Crippen molar-refractivity contribution in [1.29, 1.82) is 0 Å². The lowest BCUT2D eigenvalue weighted by Crippen LogP contribution is -2.19. The molecule has 2 amide bonds. The Morgan fingerprint density at radius 3 is 1.89 bits per heavy atom. The zero-order valence-electron chi connectivity index (χ0n) is 15.3. The van der Waals surface area contributed by atoms with Gasteiger partial charge < -0.3 is 10.6 Å². The fourth-order valence-corrected chi connectivity index (χ4v) is 2.62. The molecule has 4 nitrogen and oxygen atoms in total. The number of rotatable bonds is 5. The predicted octanol–water partition coefficient (Wildman–Crippen LogP) is 6.19. The van der Waals surface area contributed by atoms with Crippen LogP contribution >= 0.6 is 11.6 Å². The Balaban J connectivity index is 1.56. The number of amides is 2. The molecule has 0 aliphatic heterocycles. The van der Waals surface area contributed by atoms with Crippen LogP contribution in [0, 0.1) is 6.92 Å². The predicted molar refractivity (Wildman–Crippen MR) is 115 cm³/mol. The summed E-state index contributed by atoms with van der Waals surface area (Å²) in [7, 11) is 0. The highest BCUT2D eigenvalue weighted by atomic mass is 35.5. The van der Waals surface area contributed by atoms with E-state index < -0.39 is 0 Å². The number of ketones is 1. The molecule has 0 spiro atoms. The number of urea groups is 1. The van der Waals surface area contributed by atoms with E-state index in [0.29, 0.717) is 16.3 Å². The highest BCUT2D eigenvalue weighted by Crippen LogP contribution is 2.14. The maximum Gasteiger partial charge on any atom is 0.323 e. The van der Waals surface area contributed by atoms with Crippen LogP contribution in [0.3, 0.4) is 0 Å². The van der Waals surface area contributed by atoms with Crippen LogP contribution in [-0.2, 0) is 0 Å². The normalized spacial score (nSPS) is 10.6. The van der Waals surface area contributed by atoms with Crippen LogP contribution in [0.25, 0.3) is 6.08 Å². The number of anilines is 2. The van der Waals surface area contributed by atoms with Gasteiger partial charge in [0.1, 0.15) is 0 Å². The Labute approximate surface area is 168 Å². The van der Waals surface area contributed by atoms with Crippen LogP contribution in [0.5, 0.6) is 0 Å². The van der Waals surface area contributed by atoms with Crippen molar-refractivity contribution in [3.63, 3.8) is 0 Å². The van der Waals surface area contributed by atoms with Crippen molar-refractivity contribution in [2.45, 2.75) is 6.92 Å². The molecule has 0 saturated carbocycles. The van der Waals surface area contributed by atoms with Crippen LogP contribution < -0.4 is 10.6 Å². The summed E-state index contributed by atoms with van der Waals surface area (Å²) in [5.41, 5.74) is 3.94. The van der Waals surface area contributed by atoms with Crippen LogP contribution in [0.4, 0.5) is 16.2 Å². The molecule has 0 aliphatic rings. The molecule has 0 aromatic heterocycles. The van der Waals surface area contributed by atoms with Gasteiger partial charge in [0.05, 0.1) is 0 Å². The standard InChI is InChI=1S/C23H19ClN2O2/c1-16-2-11-20(12-3-16)25-23(28)26-21-13-4-17(5-14-21)6-15-22(27)18-7-9-19(24)10-8-18/h2-15H,1H3,(H2,25,26,28)/b15-6+. The first-order valence-electron chi connectivity index (χ1n) is 8.72. The summed E-state index contributed by atoms with van der Waals surface area (Å²) in [6.45, 7) is 1.99. The van der Waals surface area contributed by atoms with Gasteiger partial charge in [0.25, 0.3) is 0 Å².